The van der Waals surface area contributed by atoms with Crippen molar-refractivity contribution in [1.29, 1.82) is 0 Å². The molecule has 0 spiro atoms. The topological polar surface area (TPSA) is 62.2 Å². The second-order valence-electron chi connectivity index (χ2n) is 6.28. The van der Waals surface area contributed by atoms with E-state index in [4.69, 9.17) is 0 Å². The third-order valence-corrected chi connectivity index (χ3v) is 5.54. The van der Waals surface area contributed by atoms with Crippen molar-refractivity contribution in [3.8, 4) is 11.3 Å². The maximum atomic E-state index is 12.7. The van der Waals surface area contributed by atoms with E-state index in [1.165, 1.54) is 0 Å². The predicted octanol–water partition coefficient (Wildman–Crippen LogP) is 3.11. The van der Waals surface area contributed by atoms with E-state index in [1.807, 2.05) is 53.4 Å². The van der Waals surface area contributed by atoms with E-state index in [1.54, 1.807) is 12.4 Å². The van der Waals surface area contributed by atoms with Gasteiger partial charge in [0.05, 0.1) is 11.3 Å². The third-order valence-electron chi connectivity index (χ3n) is 4.60. The number of carbonyl (C=O) groups excluding carboxylic acids is 1. The zero-order valence-electron chi connectivity index (χ0n) is 14.6. The van der Waals surface area contributed by atoms with E-state index >= 15 is 0 Å². The van der Waals surface area contributed by atoms with Crippen LogP contribution in [0.5, 0.6) is 0 Å². The molecule has 1 amide bonds. The highest BCUT2D eigenvalue weighted by atomic mass is 127. The molecule has 1 fully saturated rings. The number of amides is 1. The van der Waals surface area contributed by atoms with E-state index in [2.05, 4.69) is 42.7 Å². The molecule has 4 rings (SSSR count). The number of pyridine rings is 1. The number of piperazine rings is 1. The number of rotatable bonds is 3. The van der Waals surface area contributed by atoms with E-state index in [9.17, 15) is 4.79 Å². The van der Waals surface area contributed by atoms with E-state index < -0.39 is 0 Å². The van der Waals surface area contributed by atoms with E-state index in [0.29, 0.717) is 13.1 Å². The number of halogens is 1. The standard InChI is InChI=1S/C20H18IN5O/c21-17-6-2-1-5-16(17)20(27)26-12-10-25(11-13-26)19-8-7-18(23-24-19)15-4-3-9-22-14-15/h1-9,14H,10-13H2. The van der Waals surface area contributed by atoms with Crippen molar-refractivity contribution < 1.29 is 4.79 Å². The van der Waals surface area contributed by atoms with Gasteiger partial charge in [0, 0.05) is 47.7 Å². The molecule has 1 aromatic carbocycles. The van der Waals surface area contributed by atoms with Crippen molar-refractivity contribution in [2.24, 2.45) is 0 Å². The van der Waals surface area contributed by atoms with Gasteiger partial charge in [-0.05, 0) is 59.0 Å². The van der Waals surface area contributed by atoms with Crippen molar-refractivity contribution in [1.82, 2.24) is 20.1 Å². The molecule has 2 aromatic heterocycles. The average Bonchev–Trinajstić information content (AvgIpc) is 2.74. The summed E-state index contributed by atoms with van der Waals surface area (Å²) in [5, 5.41) is 8.69. The van der Waals surface area contributed by atoms with Crippen LogP contribution in [0.4, 0.5) is 5.82 Å². The molecule has 0 N–H and O–H groups in total. The Morgan fingerprint density at radius 3 is 2.41 bits per heavy atom. The monoisotopic (exact) mass is 471 g/mol. The van der Waals surface area contributed by atoms with Gasteiger partial charge in [-0.25, -0.2) is 0 Å². The number of carbonyl (C=O) groups is 1. The van der Waals surface area contributed by atoms with Crippen LogP contribution >= 0.6 is 22.6 Å². The van der Waals surface area contributed by atoms with Crippen molar-refractivity contribution in [3.05, 3.63) is 70.1 Å². The van der Waals surface area contributed by atoms with E-state index in [0.717, 1.165) is 39.3 Å². The van der Waals surface area contributed by atoms with Crippen LogP contribution in [0, 0.1) is 3.57 Å². The Labute approximate surface area is 171 Å². The molecule has 0 saturated carbocycles. The molecule has 0 radical (unpaired) electrons. The number of anilines is 1. The van der Waals surface area contributed by atoms with Gasteiger partial charge < -0.3 is 9.80 Å². The van der Waals surface area contributed by atoms with E-state index in [-0.39, 0.29) is 5.91 Å². The fourth-order valence-corrected chi connectivity index (χ4v) is 3.72. The van der Waals surface area contributed by atoms with Gasteiger partial charge in [-0.3, -0.25) is 9.78 Å². The third kappa shape index (κ3) is 3.92. The first-order chi connectivity index (χ1) is 13.2. The summed E-state index contributed by atoms with van der Waals surface area (Å²) in [6, 6.07) is 15.5. The predicted molar refractivity (Wildman–Crippen MR) is 113 cm³/mol. The zero-order chi connectivity index (χ0) is 18.6. The summed E-state index contributed by atoms with van der Waals surface area (Å²) in [5.41, 5.74) is 2.52. The summed E-state index contributed by atoms with van der Waals surface area (Å²) >= 11 is 2.21. The summed E-state index contributed by atoms with van der Waals surface area (Å²) in [4.78, 5) is 20.9. The lowest BCUT2D eigenvalue weighted by molar-refractivity contribution is 0.0745. The maximum absolute atomic E-state index is 12.7. The smallest absolute Gasteiger partial charge is 0.255 e. The summed E-state index contributed by atoms with van der Waals surface area (Å²) < 4.78 is 0.986. The first-order valence-electron chi connectivity index (χ1n) is 8.75. The normalized spacial score (nSPS) is 14.3. The summed E-state index contributed by atoms with van der Waals surface area (Å²) in [7, 11) is 0. The lowest BCUT2D eigenvalue weighted by atomic mass is 10.2. The SMILES string of the molecule is O=C(c1ccccc1I)N1CCN(c2ccc(-c3cccnc3)nn2)CC1. The largest absolute Gasteiger partial charge is 0.352 e. The summed E-state index contributed by atoms with van der Waals surface area (Å²) in [6.45, 7) is 2.85. The first-order valence-corrected chi connectivity index (χ1v) is 9.83. The Kier molecular flexibility index (Phi) is 5.28. The molecule has 1 saturated heterocycles. The number of aromatic nitrogens is 3. The molecular formula is C20H18IN5O. The minimum absolute atomic E-state index is 0.0951. The summed E-state index contributed by atoms with van der Waals surface area (Å²) in [6.07, 6.45) is 3.52. The minimum atomic E-state index is 0.0951. The molecule has 3 heterocycles. The molecular weight excluding hydrogens is 453 g/mol. The van der Waals surface area contributed by atoms with Crippen molar-refractivity contribution in [2.45, 2.75) is 0 Å². The summed E-state index contributed by atoms with van der Waals surface area (Å²) in [5.74, 6) is 0.932. The minimum Gasteiger partial charge on any atom is -0.352 e. The van der Waals surface area contributed by atoms with Crippen LogP contribution in [-0.2, 0) is 0 Å². The van der Waals surface area contributed by atoms with Crippen LogP contribution in [0.3, 0.4) is 0 Å². The first kappa shape index (κ1) is 17.8. The van der Waals surface area contributed by atoms with Gasteiger partial charge in [-0.15, -0.1) is 10.2 Å². The molecule has 0 unspecified atom stereocenters. The number of hydrogen-bond donors (Lipinski definition) is 0. The van der Waals surface area contributed by atoms with Crippen LogP contribution in [0.2, 0.25) is 0 Å². The van der Waals surface area contributed by atoms with Gasteiger partial charge in [0.25, 0.3) is 5.91 Å². The number of nitrogens with zero attached hydrogens (tertiary/aromatic N) is 5. The molecule has 1 aliphatic heterocycles. The molecule has 6 nitrogen and oxygen atoms in total. The quantitative estimate of drug-likeness (QED) is 0.550. The molecule has 27 heavy (non-hydrogen) atoms. The molecule has 0 aliphatic carbocycles. The highest BCUT2D eigenvalue weighted by Gasteiger charge is 2.24. The highest BCUT2D eigenvalue weighted by Crippen LogP contribution is 2.20. The Balaban J connectivity index is 1.41. The van der Waals surface area contributed by atoms with Crippen LogP contribution in [0.1, 0.15) is 10.4 Å². The Morgan fingerprint density at radius 1 is 0.926 bits per heavy atom. The molecule has 0 bridgehead atoms. The van der Waals surface area contributed by atoms with Gasteiger partial charge >= 0.3 is 0 Å². The number of benzene rings is 1. The molecule has 136 valence electrons. The van der Waals surface area contributed by atoms with Gasteiger partial charge in [0.2, 0.25) is 0 Å². The van der Waals surface area contributed by atoms with Gasteiger partial charge in [0.1, 0.15) is 0 Å². The van der Waals surface area contributed by atoms with Gasteiger partial charge in [-0.1, -0.05) is 12.1 Å². The zero-order valence-corrected chi connectivity index (χ0v) is 16.8. The van der Waals surface area contributed by atoms with Crippen molar-refractivity contribution in [2.75, 3.05) is 31.1 Å². The fraction of sp³-hybridized carbons (Fsp3) is 0.200. The lowest BCUT2D eigenvalue weighted by Crippen LogP contribution is -2.49. The van der Waals surface area contributed by atoms with Crippen LogP contribution in [0.25, 0.3) is 11.3 Å². The van der Waals surface area contributed by atoms with Crippen LogP contribution in [-0.4, -0.2) is 52.2 Å². The van der Waals surface area contributed by atoms with Crippen LogP contribution in [0.15, 0.2) is 60.9 Å². The Hall–Kier alpha value is -2.55. The van der Waals surface area contributed by atoms with Crippen molar-refractivity contribution in [3.63, 3.8) is 0 Å². The average molecular weight is 471 g/mol. The molecule has 3 aromatic rings. The second kappa shape index (κ2) is 7.99. The molecule has 7 heteroatoms. The lowest BCUT2D eigenvalue weighted by Gasteiger charge is -2.35. The van der Waals surface area contributed by atoms with Gasteiger partial charge in [-0.2, -0.15) is 0 Å². The Morgan fingerprint density at radius 2 is 1.74 bits per heavy atom. The Bertz CT molecular complexity index is 925. The highest BCUT2D eigenvalue weighted by molar-refractivity contribution is 14.1. The molecule has 0 atom stereocenters. The fourth-order valence-electron chi connectivity index (χ4n) is 3.11. The van der Waals surface area contributed by atoms with Crippen LogP contribution < -0.4 is 4.90 Å². The van der Waals surface area contributed by atoms with Gasteiger partial charge in [0.15, 0.2) is 5.82 Å². The number of hydrogen-bond acceptors (Lipinski definition) is 5. The van der Waals surface area contributed by atoms with Crippen molar-refractivity contribution >= 4 is 34.3 Å². The second-order valence-corrected chi connectivity index (χ2v) is 7.44. The molecule has 1 aliphatic rings. The maximum Gasteiger partial charge on any atom is 0.255 e.